The van der Waals surface area contributed by atoms with Crippen LogP contribution in [0.2, 0.25) is 5.32 Å². The number of rotatable bonds is 8. The minimum atomic E-state index is 0.0755. The second kappa shape index (κ2) is 10.6. The van der Waals surface area contributed by atoms with Crippen molar-refractivity contribution in [2.24, 2.45) is 0 Å². The van der Waals surface area contributed by atoms with Crippen LogP contribution in [0.25, 0.3) is 5.57 Å². The monoisotopic (exact) mass is 432 g/mol. The predicted octanol–water partition coefficient (Wildman–Crippen LogP) is 5.47. The van der Waals surface area contributed by atoms with Crippen LogP contribution in [-0.4, -0.2) is 20.7 Å². The van der Waals surface area contributed by atoms with Crippen LogP contribution in [0.1, 0.15) is 24.5 Å². The van der Waals surface area contributed by atoms with Gasteiger partial charge in [0.1, 0.15) is 0 Å². The molecule has 0 bridgehead atoms. The van der Waals surface area contributed by atoms with Gasteiger partial charge in [-0.1, -0.05) is 0 Å². The summed E-state index contributed by atoms with van der Waals surface area (Å²) in [7, 11) is 0. The number of allylic oxidation sites excluding steroid dienone is 3. The zero-order valence-electron chi connectivity index (χ0n) is 16.0. The Morgan fingerprint density at radius 3 is 1.75 bits per heavy atom. The van der Waals surface area contributed by atoms with Gasteiger partial charge in [-0.3, -0.25) is 0 Å². The third-order valence-electron chi connectivity index (χ3n) is 4.35. The van der Waals surface area contributed by atoms with Gasteiger partial charge in [-0.15, -0.1) is 0 Å². The van der Waals surface area contributed by atoms with E-state index in [2.05, 4.69) is 78.9 Å². The Labute approximate surface area is 174 Å². The molecule has 0 spiro atoms. The number of benzene rings is 3. The first-order chi connectivity index (χ1) is 13.7. The van der Waals surface area contributed by atoms with Crippen molar-refractivity contribution in [1.82, 2.24) is 0 Å². The first kappa shape index (κ1) is 20.1. The number of ketones is 1. The van der Waals surface area contributed by atoms with E-state index in [0.29, 0.717) is 15.0 Å². The van der Waals surface area contributed by atoms with Crippen LogP contribution in [0.4, 0.5) is 0 Å². The summed E-state index contributed by atoms with van der Waals surface area (Å²) in [6.45, 7) is 1.60. The molecule has 0 unspecified atom stereocenters. The zero-order chi connectivity index (χ0) is 19.6. The summed E-state index contributed by atoms with van der Waals surface area (Å²) in [5.41, 5.74) is 4.79. The zero-order valence-corrected chi connectivity index (χ0v) is 17.8. The Kier molecular flexibility index (Phi) is 7.61. The Morgan fingerprint density at radius 1 is 0.750 bits per heavy atom. The Balaban J connectivity index is 1.98. The van der Waals surface area contributed by atoms with Crippen LogP contribution in [-0.2, 0) is 4.79 Å². The molecular weight excluding hydrogens is 407 g/mol. The van der Waals surface area contributed by atoms with E-state index in [1.54, 1.807) is 13.0 Å². The van der Waals surface area contributed by atoms with Crippen LogP contribution in [0.5, 0.6) is 0 Å². The molecule has 0 aliphatic heterocycles. The van der Waals surface area contributed by atoms with E-state index in [4.69, 9.17) is 0 Å². The standard InChI is InChI=1S/C26H24OSe/c1-21(27)17-18-24(19-20-28-25-15-9-4-10-16-25)26(22-11-5-2-6-12-22)23-13-7-3-8-14-23/h2-18H,19-20H2,1H3/b18-17+. The van der Waals surface area contributed by atoms with E-state index in [1.807, 2.05) is 18.2 Å². The first-order valence-electron chi connectivity index (χ1n) is 9.44. The van der Waals surface area contributed by atoms with Gasteiger partial charge in [0.15, 0.2) is 0 Å². The van der Waals surface area contributed by atoms with Gasteiger partial charge in [0.25, 0.3) is 0 Å². The molecule has 0 aromatic heterocycles. The van der Waals surface area contributed by atoms with E-state index >= 15 is 0 Å². The molecule has 0 saturated heterocycles. The fraction of sp³-hybridized carbons (Fsp3) is 0.115. The fourth-order valence-corrected chi connectivity index (χ4v) is 4.96. The second-order valence-electron chi connectivity index (χ2n) is 6.49. The van der Waals surface area contributed by atoms with Gasteiger partial charge in [0.2, 0.25) is 0 Å². The summed E-state index contributed by atoms with van der Waals surface area (Å²) in [5, 5.41) is 1.09. The van der Waals surface area contributed by atoms with Crippen LogP contribution in [0.15, 0.2) is 109 Å². The molecule has 0 aliphatic carbocycles. The molecule has 140 valence electrons. The third kappa shape index (κ3) is 5.92. The van der Waals surface area contributed by atoms with E-state index in [9.17, 15) is 4.79 Å². The van der Waals surface area contributed by atoms with E-state index in [0.717, 1.165) is 11.7 Å². The van der Waals surface area contributed by atoms with Gasteiger partial charge < -0.3 is 0 Å². The van der Waals surface area contributed by atoms with E-state index in [-0.39, 0.29) is 5.78 Å². The predicted molar refractivity (Wildman–Crippen MR) is 120 cm³/mol. The van der Waals surface area contributed by atoms with Gasteiger partial charge in [-0.2, -0.15) is 0 Å². The molecule has 28 heavy (non-hydrogen) atoms. The summed E-state index contributed by atoms with van der Waals surface area (Å²) in [5.74, 6) is 0.0755. The van der Waals surface area contributed by atoms with Crippen LogP contribution in [0, 0.1) is 0 Å². The van der Waals surface area contributed by atoms with Gasteiger partial charge >= 0.3 is 174 Å². The van der Waals surface area contributed by atoms with Crippen molar-refractivity contribution in [3.05, 3.63) is 120 Å². The summed E-state index contributed by atoms with van der Waals surface area (Å²) in [4.78, 5) is 11.6. The molecule has 0 amide bonds. The summed E-state index contributed by atoms with van der Waals surface area (Å²) >= 11 is 0.412. The number of carbonyl (C=O) groups excluding carboxylic acids is 1. The third-order valence-corrected chi connectivity index (χ3v) is 6.48. The number of carbonyl (C=O) groups is 1. The van der Waals surface area contributed by atoms with E-state index in [1.165, 1.54) is 26.7 Å². The fourth-order valence-electron chi connectivity index (χ4n) is 3.05. The summed E-state index contributed by atoms with van der Waals surface area (Å²) < 4.78 is 1.41. The van der Waals surface area contributed by atoms with Gasteiger partial charge in [-0.05, 0) is 0 Å². The van der Waals surface area contributed by atoms with E-state index < -0.39 is 0 Å². The Hall–Kier alpha value is -2.67. The molecule has 0 radical (unpaired) electrons. The quantitative estimate of drug-likeness (QED) is 0.263. The number of hydrogen-bond donors (Lipinski definition) is 0. The molecule has 3 rings (SSSR count). The number of hydrogen-bond acceptors (Lipinski definition) is 1. The maximum atomic E-state index is 11.6. The van der Waals surface area contributed by atoms with Crippen molar-refractivity contribution in [1.29, 1.82) is 0 Å². The van der Waals surface area contributed by atoms with Crippen molar-refractivity contribution < 1.29 is 4.79 Å². The Bertz CT molecular complexity index is 900. The normalized spacial score (nSPS) is 10.8. The molecule has 3 aromatic rings. The van der Waals surface area contributed by atoms with Gasteiger partial charge in [-0.25, -0.2) is 0 Å². The molecule has 0 N–H and O–H groups in total. The topological polar surface area (TPSA) is 17.1 Å². The molecule has 0 saturated carbocycles. The molecule has 1 nitrogen and oxygen atoms in total. The van der Waals surface area contributed by atoms with Crippen molar-refractivity contribution in [3.8, 4) is 0 Å². The Morgan fingerprint density at radius 2 is 1.25 bits per heavy atom. The van der Waals surface area contributed by atoms with Crippen LogP contribution in [0.3, 0.4) is 0 Å². The van der Waals surface area contributed by atoms with Gasteiger partial charge in [0, 0.05) is 0 Å². The SMILES string of the molecule is CC(=O)/C=C/C(CC[Se]c1ccccc1)=C(c1ccccc1)c1ccccc1. The van der Waals surface area contributed by atoms with Crippen molar-refractivity contribution in [2.45, 2.75) is 18.7 Å². The molecule has 0 aliphatic rings. The van der Waals surface area contributed by atoms with Crippen LogP contribution >= 0.6 is 0 Å². The average Bonchev–Trinajstić information content (AvgIpc) is 2.74. The van der Waals surface area contributed by atoms with Gasteiger partial charge in [0.05, 0.1) is 0 Å². The second-order valence-corrected chi connectivity index (χ2v) is 8.94. The summed E-state index contributed by atoms with van der Waals surface area (Å²) in [6.07, 6.45) is 4.65. The summed E-state index contributed by atoms with van der Waals surface area (Å²) in [6, 6.07) is 31.6. The molecule has 3 aromatic carbocycles. The maximum absolute atomic E-state index is 11.6. The first-order valence-corrected chi connectivity index (χ1v) is 11.5. The van der Waals surface area contributed by atoms with Crippen molar-refractivity contribution in [3.63, 3.8) is 0 Å². The molecular formula is C26H24OSe. The van der Waals surface area contributed by atoms with Crippen LogP contribution < -0.4 is 4.46 Å². The molecule has 0 fully saturated rings. The minimum absolute atomic E-state index is 0.0755. The van der Waals surface area contributed by atoms with Crippen molar-refractivity contribution >= 4 is 30.8 Å². The average molecular weight is 431 g/mol. The molecule has 0 atom stereocenters. The molecule has 0 heterocycles. The molecule has 2 heteroatoms. The van der Waals surface area contributed by atoms with Crippen molar-refractivity contribution in [2.75, 3.05) is 0 Å².